The first-order valence-corrected chi connectivity index (χ1v) is 3.68. The van der Waals surface area contributed by atoms with Gasteiger partial charge in [-0.3, -0.25) is 4.79 Å². The van der Waals surface area contributed by atoms with Crippen LogP contribution >= 0.6 is 0 Å². The first kappa shape index (κ1) is 7.54. The number of piperidine rings is 1. The number of nitrogens with two attached hydrogens (primary N) is 1. The molecule has 0 aliphatic carbocycles. The largest absolute Gasteiger partial charge is 0.369 e. The average molecular weight is 142 g/mol. The van der Waals surface area contributed by atoms with E-state index in [0.717, 1.165) is 25.9 Å². The molecule has 0 aromatic rings. The van der Waals surface area contributed by atoms with Crippen molar-refractivity contribution in [1.29, 1.82) is 0 Å². The van der Waals surface area contributed by atoms with Crippen LogP contribution in [0.25, 0.3) is 0 Å². The van der Waals surface area contributed by atoms with Gasteiger partial charge in [-0.25, -0.2) is 0 Å². The molecule has 1 rings (SSSR count). The van der Waals surface area contributed by atoms with Crippen molar-refractivity contribution in [3.63, 3.8) is 0 Å². The molecule has 1 heterocycles. The summed E-state index contributed by atoms with van der Waals surface area (Å²) in [6.07, 6.45) is 2.07. The highest BCUT2D eigenvalue weighted by Gasteiger charge is 2.20. The summed E-state index contributed by atoms with van der Waals surface area (Å²) in [5.41, 5.74) is 5.16. The van der Waals surface area contributed by atoms with Crippen molar-refractivity contribution in [3.05, 3.63) is 0 Å². The quantitative estimate of drug-likeness (QED) is 0.551. The lowest BCUT2D eigenvalue weighted by molar-refractivity contribution is -0.123. The number of likely N-dealkylation sites (tertiary alicyclic amines) is 1. The molecule has 0 saturated carbocycles. The van der Waals surface area contributed by atoms with Crippen molar-refractivity contribution in [2.45, 2.75) is 12.8 Å². The van der Waals surface area contributed by atoms with Crippen molar-refractivity contribution < 1.29 is 4.79 Å². The van der Waals surface area contributed by atoms with Crippen LogP contribution in [-0.2, 0) is 4.79 Å². The Morgan fingerprint density at radius 1 is 1.70 bits per heavy atom. The number of carbonyl (C=O) groups is 1. The Kier molecular flexibility index (Phi) is 2.27. The second-order valence-corrected chi connectivity index (χ2v) is 3.00. The minimum Gasteiger partial charge on any atom is -0.369 e. The zero-order valence-electron chi connectivity index (χ0n) is 6.34. The number of amides is 1. The molecule has 2 N–H and O–H groups in total. The van der Waals surface area contributed by atoms with Crippen LogP contribution < -0.4 is 5.73 Å². The van der Waals surface area contributed by atoms with E-state index < -0.39 is 0 Å². The van der Waals surface area contributed by atoms with E-state index in [0.29, 0.717) is 0 Å². The number of primary amides is 1. The summed E-state index contributed by atoms with van der Waals surface area (Å²) < 4.78 is 0. The summed E-state index contributed by atoms with van der Waals surface area (Å²) >= 11 is 0. The molecule has 3 nitrogen and oxygen atoms in total. The van der Waals surface area contributed by atoms with Gasteiger partial charge in [0, 0.05) is 6.54 Å². The topological polar surface area (TPSA) is 46.3 Å². The first-order valence-electron chi connectivity index (χ1n) is 3.68. The lowest BCUT2D eigenvalue weighted by atomic mass is 9.98. The Labute approximate surface area is 61.2 Å². The van der Waals surface area contributed by atoms with Gasteiger partial charge in [0.1, 0.15) is 0 Å². The van der Waals surface area contributed by atoms with E-state index in [-0.39, 0.29) is 11.8 Å². The van der Waals surface area contributed by atoms with Gasteiger partial charge >= 0.3 is 0 Å². The molecule has 10 heavy (non-hydrogen) atoms. The van der Waals surface area contributed by atoms with Gasteiger partial charge < -0.3 is 10.6 Å². The molecule has 1 aliphatic rings. The molecule has 0 radical (unpaired) electrons. The van der Waals surface area contributed by atoms with Gasteiger partial charge in [-0.15, -0.1) is 0 Å². The number of nitrogens with zero attached hydrogens (tertiary/aromatic N) is 1. The Hall–Kier alpha value is -0.570. The van der Waals surface area contributed by atoms with Crippen LogP contribution in [0.5, 0.6) is 0 Å². The van der Waals surface area contributed by atoms with E-state index in [1.165, 1.54) is 0 Å². The van der Waals surface area contributed by atoms with Crippen molar-refractivity contribution in [2.24, 2.45) is 11.7 Å². The minimum atomic E-state index is -0.147. The molecule has 1 amide bonds. The third-order valence-corrected chi connectivity index (χ3v) is 2.03. The van der Waals surface area contributed by atoms with Crippen LogP contribution in [-0.4, -0.2) is 30.9 Å². The van der Waals surface area contributed by atoms with Gasteiger partial charge in [-0.05, 0) is 26.4 Å². The van der Waals surface area contributed by atoms with Gasteiger partial charge in [-0.1, -0.05) is 0 Å². The summed E-state index contributed by atoms with van der Waals surface area (Å²) in [5, 5.41) is 0. The van der Waals surface area contributed by atoms with Crippen LogP contribution in [0.4, 0.5) is 0 Å². The molecule has 0 aromatic heterocycles. The molecule has 1 saturated heterocycles. The third-order valence-electron chi connectivity index (χ3n) is 2.03. The van der Waals surface area contributed by atoms with Crippen molar-refractivity contribution in [2.75, 3.05) is 20.1 Å². The molecular weight excluding hydrogens is 128 g/mol. The van der Waals surface area contributed by atoms with Gasteiger partial charge in [-0.2, -0.15) is 0 Å². The summed E-state index contributed by atoms with van der Waals surface area (Å²) in [5.74, 6) is -0.0506. The fraction of sp³-hybridized carbons (Fsp3) is 0.857. The molecule has 0 bridgehead atoms. The van der Waals surface area contributed by atoms with Gasteiger partial charge in [0.05, 0.1) is 5.92 Å². The fourth-order valence-corrected chi connectivity index (χ4v) is 1.40. The van der Waals surface area contributed by atoms with E-state index in [1.807, 2.05) is 7.05 Å². The zero-order valence-corrected chi connectivity index (χ0v) is 6.34. The smallest absolute Gasteiger partial charge is 0.221 e. The predicted molar refractivity (Wildman–Crippen MR) is 39.4 cm³/mol. The summed E-state index contributed by atoms with van der Waals surface area (Å²) in [4.78, 5) is 12.8. The van der Waals surface area contributed by atoms with E-state index in [4.69, 9.17) is 5.73 Å². The predicted octanol–water partition coefficient (Wildman–Crippen LogP) is -0.187. The minimum absolute atomic E-state index is 0.0961. The van der Waals surface area contributed by atoms with Crippen molar-refractivity contribution in [1.82, 2.24) is 4.90 Å². The van der Waals surface area contributed by atoms with Crippen LogP contribution in [0.1, 0.15) is 12.8 Å². The molecule has 1 atom stereocenters. The maximum Gasteiger partial charge on any atom is 0.221 e. The van der Waals surface area contributed by atoms with Crippen LogP contribution in [0, 0.1) is 5.92 Å². The lowest BCUT2D eigenvalue weighted by Crippen LogP contribution is -2.38. The van der Waals surface area contributed by atoms with Crippen molar-refractivity contribution >= 4 is 5.91 Å². The maximum absolute atomic E-state index is 10.7. The number of hydrogen-bond donors (Lipinski definition) is 1. The van der Waals surface area contributed by atoms with E-state index in [9.17, 15) is 4.79 Å². The summed E-state index contributed by atoms with van der Waals surface area (Å²) in [6.45, 7) is 1.94. The zero-order chi connectivity index (χ0) is 7.56. The highest BCUT2D eigenvalue weighted by molar-refractivity contribution is 5.76. The van der Waals surface area contributed by atoms with Gasteiger partial charge in [0.15, 0.2) is 0 Å². The Balaban J connectivity index is 2.39. The standard InChI is InChI=1S/C7H14N2O/c1-9-4-2-3-6(5-9)7(8)10/h6H,2-5H2,1H3,(H2,8,10). The highest BCUT2D eigenvalue weighted by atomic mass is 16.1. The molecule has 1 aliphatic heterocycles. The van der Waals surface area contributed by atoms with E-state index in [2.05, 4.69) is 4.90 Å². The highest BCUT2D eigenvalue weighted by Crippen LogP contribution is 2.13. The van der Waals surface area contributed by atoms with Crippen LogP contribution in [0.2, 0.25) is 0 Å². The number of carbonyl (C=O) groups excluding carboxylic acids is 1. The van der Waals surface area contributed by atoms with Gasteiger partial charge in [0.2, 0.25) is 5.91 Å². The molecule has 0 aromatic carbocycles. The molecule has 1 fully saturated rings. The summed E-state index contributed by atoms with van der Waals surface area (Å²) in [6, 6.07) is 0. The third kappa shape index (κ3) is 1.70. The number of rotatable bonds is 1. The lowest BCUT2D eigenvalue weighted by Gasteiger charge is -2.27. The normalized spacial score (nSPS) is 28.3. The van der Waals surface area contributed by atoms with E-state index in [1.54, 1.807) is 0 Å². The Morgan fingerprint density at radius 2 is 2.40 bits per heavy atom. The van der Waals surface area contributed by atoms with Crippen LogP contribution in [0.3, 0.4) is 0 Å². The molecular formula is C7H14N2O. The Bertz CT molecular complexity index is 136. The molecule has 1 unspecified atom stereocenters. The first-order chi connectivity index (χ1) is 4.70. The van der Waals surface area contributed by atoms with E-state index >= 15 is 0 Å². The second-order valence-electron chi connectivity index (χ2n) is 3.00. The van der Waals surface area contributed by atoms with Gasteiger partial charge in [0.25, 0.3) is 0 Å². The Morgan fingerprint density at radius 3 is 2.80 bits per heavy atom. The van der Waals surface area contributed by atoms with Crippen molar-refractivity contribution in [3.8, 4) is 0 Å². The van der Waals surface area contributed by atoms with Crippen LogP contribution in [0.15, 0.2) is 0 Å². The molecule has 58 valence electrons. The fourth-order valence-electron chi connectivity index (χ4n) is 1.40. The molecule has 3 heteroatoms. The summed E-state index contributed by atoms with van der Waals surface area (Å²) in [7, 11) is 2.02. The monoisotopic (exact) mass is 142 g/mol. The SMILES string of the molecule is CN1CCCC(C(N)=O)C1. The maximum atomic E-state index is 10.7. The average Bonchev–Trinajstić information content (AvgIpc) is 1.88. The number of hydrogen-bond acceptors (Lipinski definition) is 2. The molecule has 0 spiro atoms. The second kappa shape index (κ2) is 3.01.